The molecule has 2 atom stereocenters. The quantitative estimate of drug-likeness (QED) is 0.670. The molecule has 0 aromatic rings. The molecule has 2 unspecified atom stereocenters. The third-order valence-electron chi connectivity index (χ3n) is 3.19. The van der Waals surface area contributed by atoms with Crippen molar-refractivity contribution in [3.8, 4) is 0 Å². The molecule has 2 saturated heterocycles. The van der Waals surface area contributed by atoms with Gasteiger partial charge in [0, 0.05) is 25.7 Å². The van der Waals surface area contributed by atoms with Crippen molar-refractivity contribution < 1.29 is 9.53 Å². The van der Waals surface area contributed by atoms with Crippen LogP contribution in [0.2, 0.25) is 0 Å². The van der Waals surface area contributed by atoms with Crippen molar-refractivity contribution in [1.82, 2.24) is 10.2 Å². The van der Waals surface area contributed by atoms with Crippen molar-refractivity contribution >= 4 is 5.91 Å². The first kappa shape index (κ1) is 9.93. The zero-order chi connectivity index (χ0) is 9.97. The van der Waals surface area contributed by atoms with Gasteiger partial charge in [-0.05, 0) is 19.9 Å². The van der Waals surface area contributed by atoms with Crippen molar-refractivity contribution in [1.29, 1.82) is 0 Å². The first-order valence-corrected chi connectivity index (χ1v) is 5.35. The molecule has 4 nitrogen and oxygen atoms in total. The van der Waals surface area contributed by atoms with E-state index < -0.39 is 0 Å². The lowest BCUT2D eigenvalue weighted by Crippen LogP contribution is -2.37. The van der Waals surface area contributed by atoms with Crippen LogP contribution in [0.5, 0.6) is 0 Å². The third kappa shape index (κ3) is 1.91. The van der Waals surface area contributed by atoms with Gasteiger partial charge in [-0.15, -0.1) is 0 Å². The monoisotopic (exact) mass is 198 g/mol. The van der Waals surface area contributed by atoms with Gasteiger partial charge in [0.15, 0.2) is 0 Å². The van der Waals surface area contributed by atoms with Crippen LogP contribution in [0.4, 0.5) is 0 Å². The van der Waals surface area contributed by atoms with E-state index in [9.17, 15) is 4.79 Å². The van der Waals surface area contributed by atoms with Gasteiger partial charge >= 0.3 is 0 Å². The molecule has 1 N–H and O–H groups in total. The zero-order valence-electron chi connectivity index (χ0n) is 8.66. The van der Waals surface area contributed by atoms with E-state index in [-0.39, 0.29) is 5.92 Å². The number of carbonyl (C=O) groups is 1. The molecular formula is C10H18N2O2. The fourth-order valence-electron chi connectivity index (χ4n) is 2.18. The van der Waals surface area contributed by atoms with Crippen LogP contribution in [0.3, 0.4) is 0 Å². The van der Waals surface area contributed by atoms with Gasteiger partial charge in [-0.25, -0.2) is 0 Å². The highest BCUT2D eigenvalue weighted by molar-refractivity contribution is 5.79. The molecule has 0 aliphatic carbocycles. The second-order valence-corrected chi connectivity index (χ2v) is 4.12. The predicted octanol–water partition coefficient (Wildman–Crippen LogP) is -0.157. The Morgan fingerprint density at radius 2 is 2.36 bits per heavy atom. The second kappa shape index (κ2) is 4.28. The van der Waals surface area contributed by atoms with Crippen LogP contribution in [-0.4, -0.2) is 50.2 Å². The Balaban J connectivity index is 1.86. The smallest absolute Gasteiger partial charge is 0.228 e. The molecule has 1 amide bonds. The van der Waals surface area contributed by atoms with Gasteiger partial charge in [0.05, 0.1) is 12.5 Å². The summed E-state index contributed by atoms with van der Waals surface area (Å²) in [5.74, 6) is 0.422. The molecule has 0 aromatic carbocycles. The number of amides is 1. The molecule has 2 heterocycles. The topological polar surface area (TPSA) is 41.6 Å². The largest absolute Gasteiger partial charge is 0.381 e. The summed E-state index contributed by atoms with van der Waals surface area (Å²) in [6, 6.07) is 0.487. The Labute approximate surface area is 84.6 Å². The molecule has 0 radical (unpaired) electrons. The van der Waals surface area contributed by atoms with E-state index >= 15 is 0 Å². The normalized spacial score (nSPS) is 32.5. The minimum absolute atomic E-state index is 0.130. The number of likely N-dealkylation sites (tertiary alicyclic amines) is 1. The number of hydrogen-bond acceptors (Lipinski definition) is 3. The maximum Gasteiger partial charge on any atom is 0.228 e. The molecule has 2 aliphatic heterocycles. The minimum atomic E-state index is 0.130. The first-order chi connectivity index (χ1) is 6.81. The number of nitrogens with zero attached hydrogens (tertiary/aromatic N) is 1. The van der Waals surface area contributed by atoms with E-state index in [1.807, 2.05) is 11.9 Å². The van der Waals surface area contributed by atoms with Crippen LogP contribution in [0, 0.1) is 5.92 Å². The number of ether oxygens (including phenoxy) is 1. The van der Waals surface area contributed by atoms with E-state index in [2.05, 4.69) is 5.32 Å². The maximum absolute atomic E-state index is 11.9. The zero-order valence-corrected chi connectivity index (χ0v) is 8.66. The van der Waals surface area contributed by atoms with Crippen LogP contribution in [0.25, 0.3) is 0 Å². The van der Waals surface area contributed by atoms with Gasteiger partial charge < -0.3 is 15.0 Å². The summed E-state index contributed by atoms with van der Waals surface area (Å²) in [5.41, 5.74) is 0. The summed E-state index contributed by atoms with van der Waals surface area (Å²) in [4.78, 5) is 13.9. The Hall–Kier alpha value is -0.610. The Kier molecular flexibility index (Phi) is 3.03. The summed E-state index contributed by atoms with van der Waals surface area (Å²) >= 11 is 0. The van der Waals surface area contributed by atoms with Crippen LogP contribution < -0.4 is 5.32 Å². The maximum atomic E-state index is 11.9. The van der Waals surface area contributed by atoms with Gasteiger partial charge in [0.1, 0.15) is 0 Å². The van der Waals surface area contributed by atoms with E-state index in [1.54, 1.807) is 0 Å². The number of rotatable bonds is 2. The molecule has 0 saturated carbocycles. The lowest BCUT2D eigenvalue weighted by atomic mass is 10.1. The molecule has 0 bridgehead atoms. The number of hydrogen-bond donors (Lipinski definition) is 1. The van der Waals surface area contributed by atoms with E-state index in [1.165, 1.54) is 0 Å². The highest BCUT2D eigenvalue weighted by atomic mass is 16.5. The first-order valence-electron chi connectivity index (χ1n) is 5.35. The molecule has 0 spiro atoms. The van der Waals surface area contributed by atoms with E-state index in [4.69, 9.17) is 4.74 Å². The molecule has 0 aromatic heterocycles. The van der Waals surface area contributed by atoms with E-state index in [0.717, 1.165) is 32.5 Å². The molecular weight excluding hydrogens is 180 g/mol. The lowest BCUT2D eigenvalue weighted by molar-refractivity contribution is -0.134. The molecule has 2 rings (SSSR count). The van der Waals surface area contributed by atoms with E-state index in [0.29, 0.717) is 18.6 Å². The summed E-state index contributed by atoms with van der Waals surface area (Å²) in [6.45, 7) is 3.14. The standard InChI is InChI=1S/C10H18N2O2/c1-11-9-2-4-12(6-9)10(13)8-3-5-14-7-8/h8-9,11H,2-7H2,1H3. The number of likely N-dealkylation sites (N-methyl/N-ethyl adjacent to an activating group) is 1. The van der Waals surface area contributed by atoms with Crippen LogP contribution in [0.1, 0.15) is 12.8 Å². The van der Waals surface area contributed by atoms with Gasteiger partial charge in [-0.1, -0.05) is 0 Å². The lowest BCUT2D eigenvalue weighted by Gasteiger charge is -2.19. The average molecular weight is 198 g/mol. The number of nitrogens with one attached hydrogen (secondary N) is 1. The van der Waals surface area contributed by atoms with Crippen LogP contribution in [0.15, 0.2) is 0 Å². The molecule has 14 heavy (non-hydrogen) atoms. The Morgan fingerprint density at radius 3 is 2.93 bits per heavy atom. The van der Waals surface area contributed by atoms with Crippen molar-refractivity contribution in [2.45, 2.75) is 18.9 Å². The molecule has 4 heteroatoms. The van der Waals surface area contributed by atoms with Crippen molar-refractivity contribution in [3.05, 3.63) is 0 Å². The van der Waals surface area contributed by atoms with Crippen molar-refractivity contribution in [3.63, 3.8) is 0 Å². The van der Waals surface area contributed by atoms with Crippen molar-refractivity contribution in [2.75, 3.05) is 33.4 Å². The third-order valence-corrected chi connectivity index (χ3v) is 3.19. The summed E-state index contributed by atoms with van der Waals surface area (Å²) in [7, 11) is 1.96. The fourth-order valence-corrected chi connectivity index (χ4v) is 2.18. The molecule has 80 valence electrons. The second-order valence-electron chi connectivity index (χ2n) is 4.12. The van der Waals surface area contributed by atoms with Gasteiger partial charge in [-0.2, -0.15) is 0 Å². The summed E-state index contributed by atoms with van der Waals surface area (Å²) < 4.78 is 5.23. The summed E-state index contributed by atoms with van der Waals surface area (Å²) in [6.07, 6.45) is 1.98. The van der Waals surface area contributed by atoms with Crippen LogP contribution >= 0.6 is 0 Å². The molecule has 2 aliphatic rings. The SMILES string of the molecule is CNC1CCN(C(=O)C2CCOC2)C1. The number of carbonyl (C=O) groups excluding carboxylic acids is 1. The predicted molar refractivity (Wildman–Crippen MR) is 53.0 cm³/mol. The van der Waals surface area contributed by atoms with Gasteiger partial charge in [0.2, 0.25) is 5.91 Å². The van der Waals surface area contributed by atoms with Gasteiger partial charge in [0.25, 0.3) is 0 Å². The minimum Gasteiger partial charge on any atom is -0.381 e. The highest BCUT2D eigenvalue weighted by Gasteiger charge is 2.32. The summed E-state index contributed by atoms with van der Waals surface area (Å²) in [5, 5.41) is 3.21. The highest BCUT2D eigenvalue weighted by Crippen LogP contribution is 2.18. The fraction of sp³-hybridized carbons (Fsp3) is 0.900. The Morgan fingerprint density at radius 1 is 1.50 bits per heavy atom. The van der Waals surface area contributed by atoms with Gasteiger partial charge in [-0.3, -0.25) is 4.79 Å². The average Bonchev–Trinajstić information content (AvgIpc) is 2.88. The Bertz CT molecular complexity index is 214. The van der Waals surface area contributed by atoms with Crippen molar-refractivity contribution in [2.24, 2.45) is 5.92 Å². The molecule has 2 fully saturated rings. The van der Waals surface area contributed by atoms with Crippen LogP contribution in [-0.2, 0) is 9.53 Å².